The van der Waals surface area contributed by atoms with Gasteiger partial charge in [-0.2, -0.15) is 4.98 Å². The van der Waals surface area contributed by atoms with Gasteiger partial charge in [0.1, 0.15) is 11.8 Å². The number of imidazole rings is 1. The summed E-state index contributed by atoms with van der Waals surface area (Å²) in [7, 11) is 4.72. The Kier molecular flexibility index (Phi) is 6.23. The highest BCUT2D eigenvalue weighted by atomic mass is 16.5. The largest absolute Gasteiger partial charge is 0.493 e. The number of methoxy groups -OCH3 is 3. The third kappa shape index (κ3) is 4.26. The molecule has 11 heteroatoms. The Morgan fingerprint density at radius 3 is 2.60 bits per heavy atom. The molecule has 1 fully saturated rings. The number of hydrogen-bond acceptors (Lipinski definition) is 10. The number of anilines is 3. The first-order valence-electron chi connectivity index (χ1n) is 11.3. The number of nitrogens with zero attached hydrogens (tertiary/aromatic N) is 6. The molecule has 3 aromatic heterocycles. The summed E-state index contributed by atoms with van der Waals surface area (Å²) < 4.78 is 18.2. The van der Waals surface area contributed by atoms with Crippen LogP contribution in [0.5, 0.6) is 17.2 Å². The van der Waals surface area contributed by atoms with Crippen LogP contribution in [0.15, 0.2) is 43.0 Å². The molecule has 4 heterocycles. The molecule has 5 rings (SSSR count). The van der Waals surface area contributed by atoms with Gasteiger partial charge in [-0.1, -0.05) is 0 Å². The van der Waals surface area contributed by atoms with Crippen molar-refractivity contribution in [1.29, 1.82) is 0 Å². The van der Waals surface area contributed by atoms with E-state index in [0.29, 0.717) is 45.9 Å². The Bertz CT molecular complexity index is 1320. The Morgan fingerprint density at radius 1 is 1.09 bits per heavy atom. The second-order valence-electron chi connectivity index (χ2n) is 8.09. The van der Waals surface area contributed by atoms with Crippen molar-refractivity contribution < 1.29 is 19.3 Å². The van der Waals surface area contributed by atoms with Crippen molar-refractivity contribution in [1.82, 2.24) is 24.5 Å². The number of aliphatic hydroxyl groups is 1. The Morgan fingerprint density at radius 2 is 1.89 bits per heavy atom. The van der Waals surface area contributed by atoms with Crippen LogP contribution in [-0.2, 0) is 0 Å². The molecule has 1 saturated heterocycles. The molecular formula is C24H27N7O4. The van der Waals surface area contributed by atoms with E-state index in [1.807, 2.05) is 35.0 Å². The molecule has 1 aliphatic heterocycles. The lowest BCUT2D eigenvalue weighted by atomic mass is 10.2. The number of fused-ring (bicyclic) bond motifs is 1. The number of aromatic nitrogens is 5. The number of benzene rings is 1. The number of nitrogens with one attached hydrogen (secondary N) is 1. The van der Waals surface area contributed by atoms with Crippen LogP contribution in [0.4, 0.5) is 17.6 Å². The first-order valence-corrected chi connectivity index (χ1v) is 11.3. The van der Waals surface area contributed by atoms with Crippen LogP contribution in [0.1, 0.15) is 12.8 Å². The molecule has 182 valence electrons. The normalized spacial score (nSPS) is 15.4. The highest BCUT2D eigenvalue weighted by molar-refractivity contribution is 5.87. The summed E-state index contributed by atoms with van der Waals surface area (Å²) in [6.45, 7) is 0.878. The van der Waals surface area contributed by atoms with E-state index in [9.17, 15) is 5.11 Å². The minimum Gasteiger partial charge on any atom is -0.493 e. The van der Waals surface area contributed by atoms with Gasteiger partial charge >= 0.3 is 0 Å². The molecule has 1 atom stereocenters. The van der Waals surface area contributed by atoms with E-state index in [1.165, 1.54) is 0 Å². The number of aliphatic hydroxyl groups excluding tert-OH is 1. The predicted octanol–water partition coefficient (Wildman–Crippen LogP) is 2.94. The highest BCUT2D eigenvalue weighted by Gasteiger charge is 2.27. The molecule has 0 amide bonds. The third-order valence-corrected chi connectivity index (χ3v) is 6.07. The van der Waals surface area contributed by atoms with Gasteiger partial charge < -0.3 is 34.1 Å². The van der Waals surface area contributed by atoms with Crippen LogP contribution in [0.25, 0.3) is 16.7 Å². The van der Waals surface area contributed by atoms with Gasteiger partial charge in [-0.15, -0.1) is 0 Å². The van der Waals surface area contributed by atoms with Crippen molar-refractivity contribution in [2.75, 3.05) is 44.7 Å². The van der Waals surface area contributed by atoms with E-state index >= 15 is 0 Å². The minimum atomic E-state index is 0.0159. The maximum atomic E-state index is 9.83. The van der Waals surface area contributed by atoms with E-state index in [-0.39, 0.29) is 12.6 Å². The number of hydrogen-bond donors (Lipinski definition) is 2. The topological polar surface area (TPSA) is 120 Å². The van der Waals surface area contributed by atoms with E-state index < -0.39 is 0 Å². The lowest BCUT2D eigenvalue weighted by Crippen LogP contribution is -2.33. The zero-order chi connectivity index (χ0) is 24.4. The Balaban J connectivity index is 1.48. The van der Waals surface area contributed by atoms with Crippen molar-refractivity contribution in [2.24, 2.45) is 0 Å². The van der Waals surface area contributed by atoms with Crippen molar-refractivity contribution in [2.45, 2.75) is 18.9 Å². The quantitative estimate of drug-likeness (QED) is 0.392. The number of pyridine rings is 1. The van der Waals surface area contributed by atoms with Crippen molar-refractivity contribution in [3.8, 4) is 22.9 Å². The second kappa shape index (κ2) is 9.63. The van der Waals surface area contributed by atoms with Crippen LogP contribution in [0.2, 0.25) is 0 Å². The maximum absolute atomic E-state index is 9.83. The average molecular weight is 478 g/mol. The summed E-state index contributed by atoms with van der Waals surface area (Å²) in [4.78, 5) is 20.5. The molecule has 0 radical (unpaired) electrons. The molecule has 2 N–H and O–H groups in total. The average Bonchev–Trinajstić information content (AvgIpc) is 3.57. The SMILES string of the molecule is COc1cc(-n2cnc(Nc3nc(N4CCC[C@H]4CO)c4ncccc4n3)c2)cc(OC)c1OC. The van der Waals surface area contributed by atoms with Crippen molar-refractivity contribution >= 4 is 28.6 Å². The fraction of sp³-hybridized carbons (Fsp3) is 0.333. The van der Waals surface area contributed by atoms with E-state index in [2.05, 4.69) is 25.2 Å². The molecule has 0 aliphatic carbocycles. The van der Waals surface area contributed by atoms with Gasteiger partial charge in [0.2, 0.25) is 11.7 Å². The van der Waals surface area contributed by atoms with Crippen LogP contribution >= 0.6 is 0 Å². The van der Waals surface area contributed by atoms with Gasteiger partial charge in [-0.05, 0) is 25.0 Å². The van der Waals surface area contributed by atoms with Gasteiger partial charge in [-0.25, -0.2) is 9.97 Å². The molecule has 1 aliphatic rings. The van der Waals surface area contributed by atoms with Gasteiger partial charge in [0.15, 0.2) is 23.1 Å². The van der Waals surface area contributed by atoms with Crippen molar-refractivity contribution in [3.05, 3.63) is 43.0 Å². The Hall–Kier alpha value is -4.12. The van der Waals surface area contributed by atoms with Gasteiger partial charge in [-0.3, -0.25) is 4.98 Å². The molecule has 35 heavy (non-hydrogen) atoms. The van der Waals surface area contributed by atoms with Crippen LogP contribution in [-0.4, -0.2) is 70.1 Å². The summed E-state index contributed by atoms with van der Waals surface area (Å²) in [6, 6.07) is 7.44. The van der Waals surface area contributed by atoms with Gasteiger partial charge in [0.25, 0.3) is 0 Å². The van der Waals surface area contributed by atoms with E-state index in [0.717, 1.165) is 25.1 Å². The summed E-state index contributed by atoms with van der Waals surface area (Å²) in [5.74, 6) is 3.28. The zero-order valence-corrected chi connectivity index (χ0v) is 19.8. The molecular weight excluding hydrogens is 450 g/mol. The van der Waals surface area contributed by atoms with Crippen LogP contribution < -0.4 is 24.4 Å². The first kappa shape index (κ1) is 22.7. The molecule has 11 nitrogen and oxygen atoms in total. The molecule has 0 saturated carbocycles. The summed E-state index contributed by atoms with van der Waals surface area (Å²) in [5, 5.41) is 13.0. The lowest BCUT2D eigenvalue weighted by molar-refractivity contribution is 0.266. The van der Waals surface area contributed by atoms with E-state index in [4.69, 9.17) is 19.2 Å². The fourth-order valence-corrected chi connectivity index (χ4v) is 4.37. The van der Waals surface area contributed by atoms with Crippen LogP contribution in [0.3, 0.4) is 0 Å². The maximum Gasteiger partial charge on any atom is 0.231 e. The van der Waals surface area contributed by atoms with Gasteiger partial charge in [0.05, 0.1) is 51.4 Å². The van der Waals surface area contributed by atoms with Crippen LogP contribution in [0, 0.1) is 0 Å². The van der Waals surface area contributed by atoms with E-state index in [1.54, 1.807) is 33.9 Å². The Labute approximate surface area is 202 Å². The molecule has 4 aromatic rings. The zero-order valence-electron chi connectivity index (χ0n) is 19.8. The fourth-order valence-electron chi connectivity index (χ4n) is 4.37. The number of rotatable bonds is 8. The number of ether oxygens (including phenoxy) is 3. The molecule has 0 bridgehead atoms. The summed E-state index contributed by atoms with van der Waals surface area (Å²) >= 11 is 0. The summed E-state index contributed by atoms with van der Waals surface area (Å²) in [6.07, 6.45) is 7.13. The monoisotopic (exact) mass is 477 g/mol. The third-order valence-electron chi connectivity index (χ3n) is 6.07. The predicted molar refractivity (Wildman–Crippen MR) is 131 cm³/mol. The smallest absolute Gasteiger partial charge is 0.231 e. The molecule has 0 unspecified atom stereocenters. The van der Waals surface area contributed by atoms with Gasteiger partial charge in [0, 0.05) is 24.9 Å². The second-order valence-corrected chi connectivity index (χ2v) is 8.09. The highest BCUT2D eigenvalue weighted by Crippen LogP contribution is 2.39. The molecule has 1 aromatic carbocycles. The summed E-state index contributed by atoms with van der Waals surface area (Å²) in [5.41, 5.74) is 2.21. The lowest BCUT2D eigenvalue weighted by Gasteiger charge is -2.25. The van der Waals surface area contributed by atoms with Crippen molar-refractivity contribution in [3.63, 3.8) is 0 Å². The first-order chi connectivity index (χ1) is 17.1. The minimum absolute atomic E-state index is 0.0159. The molecule has 0 spiro atoms. The standard InChI is InChI=1S/C24H27N7O4/c1-33-18-10-16(11-19(34-2)22(18)35-3)30-12-20(26-14-30)28-24-27-17-7-4-8-25-21(17)23(29-24)31-9-5-6-15(31)13-32/h4,7-8,10-12,14-15,32H,5-6,9,13H2,1-3H3,(H,27,28,29)/t15-/m0/s1.